The standard InChI is InChI=1S/C17H21ClN2O/c1-11(2)16-8-13(10-19-4)9-17(20-16)21-14-5-6-15(18)12(3)7-14/h5-9,11,19H,10H2,1-4H3. The lowest BCUT2D eigenvalue weighted by Gasteiger charge is -2.12. The van der Waals surface area contributed by atoms with E-state index in [0.717, 1.165) is 34.1 Å². The van der Waals surface area contributed by atoms with Gasteiger partial charge in [-0.3, -0.25) is 0 Å². The highest BCUT2D eigenvalue weighted by Gasteiger charge is 2.08. The molecule has 0 bridgehead atoms. The molecule has 0 saturated carbocycles. The van der Waals surface area contributed by atoms with E-state index in [0.29, 0.717) is 11.8 Å². The molecule has 0 aliphatic rings. The Kier molecular flexibility index (Phi) is 5.21. The van der Waals surface area contributed by atoms with Crippen LogP contribution < -0.4 is 10.1 Å². The number of pyridine rings is 1. The fraction of sp³-hybridized carbons (Fsp3) is 0.353. The average molecular weight is 305 g/mol. The van der Waals surface area contributed by atoms with Gasteiger partial charge >= 0.3 is 0 Å². The number of halogens is 1. The third-order valence-corrected chi connectivity index (χ3v) is 3.63. The van der Waals surface area contributed by atoms with Crippen LogP contribution >= 0.6 is 11.6 Å². The third-order valence-electron chi connectivity index (χ3n) is 3.21. The van der Waals surface area contributed by atoms with Crippen molar-refractivity contribution >= 4 is 11.6 Å². The van der Waals surface area contributed by atoms with Gasteiger partial charge in [0.05, 0.1) is 0 Å². The fourth-order valence-corrected chi connectivity index (χ4v) is 2.16. The van der Waals surface area contributed by atoms with Crippen molar-refractivity contribution in [3.8, 4) is 11.6 Å². The smallest absolute Gasteiger partial charge is 0.219 e. The first-order valence-electron chi connectivity index (χ1n) is 7.09. The molecule has 3 nitrogen and oxygen atoms in total. The number of rotatable bonds is 5. The number of hydrogen-bond acceptors (Lipinski definition) is 3. The molecule has 112 valence electrons. The summed E-state index contributed by atoms with van der Waals surface area (Å²) >= 11 is 6.04. The lowest BCUT2D eigenvalue weighted by atomic mass is 10.1. The molecule has 2 rings (SSSR count). The van der Waals surface area contributed by atoms with Gasteiger partial charge < -0.3 is 10.1 Å². The molecule has 0 radical (unpaired) electrons. The molecular weight excluding hydrogens is 284 g/mol. The number of aromatic nitrogens is 1. The molecule has 1 aromatic heterocycles. The SMILES string of the molecule is CNCc1cc(Oc2ccc(Cl)c(C)c2)nc(C(C)C)c1. The lowest BCUT2D eigenvalue weighted by Crippen LogP contribution is -2.07. The van der Waals surface area contributed by atoms with Gasteiger partial charge in [-0.1, -0.05) is 25.4 Å². The second-order valence-electron chi connectivity index (χ2n) is 5.44. The highest BCUT2D eigenvalue weighted by molar-refractivity contribution is 6.31. The minimum absolute atomic E-state index is 0.358. The van der Waals surface area contributed by atoms with Crippen molar-refractivity contribution in [2.45, 2.75) is 33.2 Å². The Hall–Kier alpha value is -1.58. The van der Waals surface area contributed by atoms with Crippen molar-refractivity contribution in [2.75, 3.05) is 7.05 Å². The van der Waals surface area contributed by atoms with Gasteiger partial charge in [0.25, 0.3) is 0 Å². The van der Waals surface area contributed by atoms with E-state index in [2.05, 4.69) is 30.2 Å². The minimum atomic E-state index is 0.358. The van der Waals surface area contributed by atoms with Crippen LogP contribution in [0, 0.1) is 6.92 Å². The summed E-state index contributed by atoms with van der Waals surface area (Å²) in [7, 11) is 1.93. The summed E-state index contributed by atoms with van der Waals surface area (Å²) in [5.74, 6) is 1.73. The molecule has 1 N–H and O–H groups in total. The molecule has 0 fully saturated rings. The zero-order valence-electron chi connectivity index (χ0n) is 12.9. The minimum Gasteiger partial charge on any atom is -0.439 e. The summed E-state index contributed by atoms with van der Waals surface area (Å²) in [5, 5.41) is 3.90. The third kappa shape index (κ3) is 4.19. The van der Waals surface area contributed by atoms with Gasteiger partial charge in [-0.15, -0.1) is 0 Å². The number of ether oxygens (including phenoxy) is 1. The van der Waals surface area contributed by atoms with Crippen LogP contribution in [0.1, 0.15) is 36.6 Å². The van der Waals surface area contributed by atoms with Crippen molar-refractivity contribution in [3.63, 3.8) is 0 Å². The van der Waals surface area contributed by atoms with Gasteiger partial charge in [-0.2, -0.15) is 0 Å². The van der Waals surface area contributed by atoms with Gasteiger partial charge in [0.15, 0.2) is 0 Å². The van der Waals surface area contributed by atoms with Crippen LogP contribution in [0.15, 0.2) is 30.3 Å². The highest BCUT2D eigenvalue weighted by Crippen LogP contribution is 2.27. The largest absolute Gasteiger partial charge is 0.439 e. The Morgan fingerprint density at radius 3 is 2.62 bits per heavy atom. The van der Waals surface area contributed by atoms with Crippen LogP contribution in [-0.4, -0.2) is 12.0 Å². The summed E-state index contributed by atoms with van der Waals surface area (Å²) in [6, 6.07) is 9.70. The van der Waals surface area contributed by atoms with E-state index in [-0.39, 0.29) is 0 Å². The molecule has 0 amide bonds. The molecule has 1 heterocycles. The molecule has 0 saturated heterocycles. The van der Waals surface area contributed by atoms with Gasteiger partial charge in [0.2, 0.25) is 5.88 Å². The number of nitrogens with zero attached hydrogens (tertiary/aromatic N) is 1. The molecule has 2 aromatic rings. The molecule has 4 heteroatoms. The van der Waals surface area contributed by atoms with E-state index in [1.807, 2.05) is 38.2 Å². The van der Waals surface area contributed by atoms with Crippen LogP contribution in [-0.2, 0) is 6.54 Å². The van der Waals surface area contributed by atoms with Crippen LogP contribution in [0.25, 0.3) is 0 Å². The molecular formula is C17H21ClN2O. The van der Waals surface area contributed by atoms with Crippen LogP contribution in [0.2, 0.25) is 5.02 Å². The number of nitrogens with one attached hydrogen (secondary N) is 1. The Labute approximate surface area is 131 Å². The second-order valence-corrected chi connectivity index (χ2v) is 5.84. The van der Waals surface area contributed by atoms with Gasteiger partial charge in [0.1, 0.15) is 5.75 Å². The molecule has 0 unspecified atom stereocenters. The maximum atomic E-state index is 6.04. The molecule has 0 aliphatic heterocycles. The van der Waals surface area contributed by atoms with Gasteiger partial charge in [0, 0.05) is 23.3 Å². The first-order chi connectivity index (χ1) is 9.99. The summed E-state index contributed by atoms with van der Waals surface area (Å²) in [4.78, 5) is 4.58. The summed E-state index contributed by atoms with van der Waals surface area (Å²) in [6.07, 6.45) is 0. The van der Waals surface area contributed by atoms with E-state index < -0.39 is 0 Å². The zero-order chi connectivity index (χ0) is 15.4. The maximum Gasteiger partial charge on any atom is 0.219 e. The number of hydrogen-bond donors (Lipinski definition) is 1. The highest BCUT2D eigenvalue weighted by atomic mass is 35.5. The maximum absolute atomic E-state index is 6.04. The summed E-state index contributed by atoms with van der Waals surface area (Å²) in [5.41, 5.74) is 3.19. The Morgan fingerprint density at radius 2 is 2.00 bits per heavy atom. The predicted octanol–water partition coefficient (Wildman–Crippen LogP) is 4.68. The van der Waals surface area contributed by atoms with E-state index >= 15 is 0 Å². The van der Waals surface area contributed by atoms with Crippen molar-refractivity contribution in [3.05, 3.63) is 52.2 Å². The Balaban J connectivity index is 2.31. The summed E-state index contributed by atoms with van der Waals surface area (Å²) < 4.78 is 5.89. The molecule has 0 atom stereocenters. The van der Waals surface area contributed by atoms with Crippen LogP contribution in [0.3, 0.4) is 0 Å². The first-order valence-corrected chi connectivity index (χ1v) is 7.47. The Morgan fingerprint density at radius 1 is 1.24 bits per heavy atom. The first kappa shape index (κ1) is 15.8. The quantitative estimate of drug-likeness (QED) is 0.871. The van der Waals surface area contributed by atoms with Gasteiger partial charge in [-0.25, -0.2) is 4.98 Å². The second kappa shape index (κ2) is 6.92. The summed E-state index contributed by atoms with van der Waals surface area (Å²) in [6.45, 7) is 7.00. The van der Waals surface area contributed by atoms with Crippen molar-refractivity contribution in [2.24, 2.45) is 0 Å². The zero-order valence-corrected chi connectivity index (χ0v) is 13.7. The topological polar surface area (TPSA) is 34.1 Å². The van der Waals surface area contributed by atoms with Gasteiger partial charge in [-0.05, 0) is 55.3 Å². The van der Waals surface area contributed by atoms with E-state index in [1.165, 1.54) is 0 Å². The van der Waals surface area contributed by atoms with Crippen LogP contribution in [0.5, 0.6) is 11.6 Å². The molecule has 0 aliphatic carbocycles. The predicted molar refractivity (Wildman–Crippen MR) is 87.4 cm³/mol. The van der Waals surface area contributed by atoms with Crippen LogP contribution in [0.4, 0.5) is 0 Å². The van der Waals surface area contributed by atoms with E-state index in [9.17, 15) is 0 Å². The van der Waals surface area contributed by atoms with Crippen molar-refractivity contribution < 1.29 is 4.74 Å². The molecule has 1 aromatic carbocycles. The lowest BCUT2D eigenvalue weighted by molar-refractivity contribution is 0.458. The number of benzene rings is 1. The van der Waals surface area contributed by atoms with E-state index in [1.54, 1.807) is 0 Å². The fourth-order valence-electron chi connectivity index (χ4n) is 2.04. The van der Waals surface area contributed by atoms with Crippen molar-refractivity contribution in [1.29, 1.82) is 0 Å². The van der Waals surface area contributed by atoms with E-state index in [4.69, 9.17) is 16.3 Å². The normalized spacial score (nSPS) is 11.0. The molecule has 21 heavy (non-hydrogen) atoms. The average Bonchev–Trinajstić information content (AvgIpc) is 2.43. The van der Waals surface area contributed by atoms with Crippen molar-refractivity contribution in [1.82, 2.24) is 10.3 Å². The molecule has 0 spiro atoms. The monoisotopic (exact) mass is 304 g/mol. The Bertz CT molecular complexity index is 626. The number of aryl methyl sites for hydroxylation is 1.